The summed E-state index contributed by atoms with van der Waals surface area (Å²) in [4.78, 5) is 3.91. The molecule has 0 aliphatic heterocycles. The highest BCUT2D eigenvalue weighted by Gasteiger charge is 2.08. The Morgan fingerprint density at radius 3 is 2.71 bits per heavy atom. The minimum Gasteiger partial charge on any atom is -0.394 e. The van der Waals surface area contributed by atoms with Crippen molar-refractivity contribution in [2.24, 2.45) is 16.5 Å². The summed E-state index contributed by atoms with van der Waals surface area (Å²) >= 11 is 3.33. The number of hydrogen-bond donors (Lipinski definition) is 3. The number of benzene rings is 1. The molecule has 0 saturated carbocycles. The van der Waals surface area contributed by atoms with Gasteiger partial charge >= 0.3 is 0 Å². The highest BCUT2D eigenvalue weighted by molar-refractivity contribution is 9.10. The molecule has 1 aromatic rings. The molecule has 0 radical (unpaired) electrons. The van der Waals surface area contributed by atoms with E-state index in [2.05, 4.69) is 20.9 Å². The highest BCUT2D eigenvalue weighted by Crippen LogP contribution is 2.20. The van der Waals surface area contributed by atoms with Gasteiger partial charge in [0.1, 0.15) is 6.04 Å². The molecule has 0 fully saturated rings. The van der Waals surface area contributed by atoms with Crippen LogP contribution in [0.3, 0.4) is 0 Å². The maximum absolute atomic E-state index is 9.09. The number of aliphatic hydroxyl groups excluding tert-OH is 1. The molecule has 1 rings (SSSR count). The molecule has 5 heteroatoms. The van der Waals surface area contributed by atoms with Crippen molar-refractivity contribution in [1.29, 1.82) is 0 Å². The van der Waals surface area contributed by atoms with Crippen LogP contribution in [0.1, 0.15) is 11.6 Å². The van der Waals surface area contributed by atoms with Gasteiger partial charge in [0.15, 0.2) is 5.96 Å². The summed E-state index contributed by atoms with van der Waals surface area (Å²) in [5.74, 6) is -0.0241. The van der Waals surface area contributed by atoms with E-state index in [4.69, 9.17) is 16.6 Å². The lowest BCUT2D eigenvalue weighted by Crippen LogP contribution is -2.24. The van der Waals surface area contributed by atoms with Crippen molar-refractivity contribution in [3.05, 3.63) is 34.3 Å². The maximum atomic E-state index is 9.09. The lowest BCUT2D eigenvalue weighted by molar-refractivity contribution is 0.269. The Bertz CT molecular complexity index is 337. The molecule has 5 N–H and O–H groups in total. The van der Waals surface area contributed by atoms with Crippen molar-refractivity contribution in [2.45, 2.75) is 6.04 Å². The lowest BCUT2D eigenvalue weighted by atomic mass is 10.1. The van der Waals surface area contributed by atoms with Gasteiger partial charge < -0.3 is 16.6 Å². The van der Waals surface area contributed by atoms with E-state index < -0.39 is 6.04 Å². The van der Waals surface area contributed by atoms with Crippen LogP contribution >= 0.6 is 15.9 Å². The van der Waals surface area contributed by atoms with Gasteiger partial charge in [-0.05, 0) is 17.7 Å². The molecule has 0 unspecified atom stereocenters. The Hall–Kier alpha value is -1.07. The molecule has 0 heterocycles. The van der Waals surface area contributed by atoms with Crippen LogP contribution in [0.25, 0.3) is 0 Å². The molecule has 14 heavy (non-hydrogen) atoms. The first-order chi connectivity index (χ1) is 6.63. The van der Waals surface area contributed by atoms with Crippen LogP contribution in [0.4, 0.5) is 0 Å². The summed E-state index contributed by atoms with van der Waals surface area (Å²) < 4.78 is 0.930. The Labute approximate surface area is 90.8 Å². The Morgan fingerprint density at radius 2 is 2.21 bits per heavy atom. The monoisotopic (exact) mass is 257 g/mol. The van der Waals surface area contributed by atoms with Gasteiger partial charge in [0.2, 0.25) is 0 Å². The first-order valence-corrected chi connectivity index (χ1v) is 4.88. The standard InChI is InChI=1S/C9H12BrN3O/c10-7-3-1-2-6(4-7)8(5-14)13-9(11)12/h1-4,8,14H,5H2,(H4,11,12,13)/t8-/m1/s1. The molecule has 4 nitrogen and oxygen atoms in total. The van der Waals surface area contributed by atoms with E-state index in [0.29, 0.717) is 0 Å². The summed E-state index contributed by atoms with van der Waals surface area (Å²) in [6, 6.07) is 7.10. The predicted molar refractivity (Wildman–Crippen MR) is 59.8 cm³/mol. The number of halogens is 1. The minimum atomic E-state index is -0.391. The summed E-state index contributed by atoms with van der Waals surface area (Å²) in [7, 11) is 0. The second kappa shape index (κ2) is 4.97. The van der Waals surface area contributed by atoms with E-state index >= 15 is 0 Å². The van der Waals surface area contributed by atoms with E-state index in [0.717, 1.165) is 10.0 Å². The zero-order valence-corrected chi connectivity index (χ0v) is 9.11. The fourth-order valence-electron chi connectivity index (χ4n) is 1.11. The first kappa shape index (κ1) is 11.0. The molecule has 0 bridgehead atoms. The minimum absolute atomic E-state index is 0.0241. The van der Waals surface area contributed by atoms with Gasteiger partial charge in [0.25, 0.3) is 0 Å². The van der Waals surface area contributed by atoms with E-state index in [1.165, 1.54) is 0 Å². The van der Waals surface area contributed by atoms with Crippen molar-refractivity contribution in [1.82, 2.24) is 0 Å². The van der Waals surface area contributed by atoms with Crippen molar-refractivity contribution in [3.8, 4) is 0 Å². The highest BCUT2D eigenvalue weighted by atomic mass is 79.9. The fraction of sp³-hybridized carbons (Fsp3) is 0.222. The number of aliphatic imine (C=N–C) groups is 1. The van der Waals surface area contributed by atoms with E-state index in [9.17, 15) is 0 Å². The predicted octanol–water partition coefficient (Wildman–Crippen LogP) is 0.756. The molecule has 0 saturated heterocycles. The second-order valence-electron chi connectivity index (χ2n) is 2.81. The topological polar surface area (TPSA) is 84.6 Å². The fourth-order valence-corrected chi connectivity index (χ4v) is 1.53. The molecule has 0 spiro atoms. The lowest BCUT2D eigenvalue weighted by Gasteiger charge is -2.10. The third-order valence-electron chi connectivity index (χ3n) is 1.71. The second-order valence-corrected chi connectivity index (χ2v) is 3.72. The van der Waals surface area contributed by atoms with Crippen LogP contribution in [0, 0.1) is 0 Å². The molecular formula is C9H12BrN3O. The normalized spacial score (nSPS) is 12.1. The number of hydrogen-bond acceptors (Lipinski definition) is 2. The van der Waals surface area contributed by atoms with Crippen LogP contribution in [0.5, 0.6) is 0 Å². The van der Waals surface area contributed by atoms with Crippen molar-refractivity contribution >= 4 is 21.9 Å². The van der Waals surface area contributed by atoms with Gasteiger partial charge in [-0.15, -0.1) is 0 Å². The van der Waals surface area contributed by atoms with Crippen molar-refractivity contribution < 1.29 is 5.11 Å². The number of guanidine groups is 1. The molecule has 0 aromatic heterocycles. The molecule has 76 valence electrons. The number of aliphatic hydroxyl groups is 1. The van der Waals surface area contributed by atoms with Crippen LogP contribution in [-0.2, 0) is 0 Å². The molecule has 0 amide bonds. The van der Waals surface area contributed by atoms with Gasteiger partial charge in [0, 0.05) is 4.47 Å². The smallest absolute Gasteiger partial charge is 0.186 e. The van der Waals surface area contributed by atoms with Gasteiger partial charge in [-0.25, -0.2) is 4.99 Å². The van der Waals surface area contributed by atoms with Crippen molar-refractivity contribution in [2.75, 3.05) is 6.61 Å². The van der Waals surface area contributed by atoms with Gasteiger partial charge in [-0.3, -0.25) is 0 Å². The molecular weight excluding hydrogens is 246 g/mol. The summed E-state index contributed by atoms with van der Waals surface area (Å²) in [5.41, 5.74) is 11.4. The quantitative estimate of drug-likeness (QED) is 0.552. The van der Waals surface area contributed by atoms with Crippen LogP contribution < -0.4 is 11.5 Å². The molecule has 0 aliphatic rings. The third kappa shape index (κ3) is 3.01. The summed E-state index contributed by atoms with van der Waals surface area (Å²) in [6.07, 6.45) is 0. The first-order valence-electron chi connectivity index (χ1n) is 4.08. The molecule has 1 atom stereocenters. The summed E-state index contributed by atoms with van der Waals surface area (Å²) in [5, 5.41) is 9.09. The SMILES string of the molecule is NC(N)=N[C@H](CO)c1cccc(Br)c1. The Morgan fingerprint density at radius 1 is 1.50 bits per heavy atom. The van der Waals surface area contributed by atoms with E-state index in [-0.39, 0.29) is 12.6 Å². The Kier molecular flexibility index (Phi) is 3.91. The van der Waals surface area contributed by atoms with Crippen LogP contribution in [-0.4, -0.2) is 17.7 Å². The number of nitrogens with two attached hydrogens (primary N) is 2. The largest absolute Gasteiger partial charge is 0.394 e. The van der Waals surface area contributed by atoms with Gasteiger partial charge in [-0.1, -0.05) is 28.1 Å². The van der Waals surface area contributed by atoms with Crippen LogP contribution in [0.2, 0.25) is 0 Å². The average Bonchev–Trinajstić information content (AvgIpc) is 2.14. The van der Waals surface area contributed by atoms with E-state index in [1.54, 1.807) is 0 Å². The van der Waals surface area contributed by atoms with Crippen LogP contribution in [0.15, 0.2) is 33.7 Å². The molecule has 0 aliphatic carbocycles. The number of rotatable bonds is 3. The van der Waals surface area contributed by atoms with Gasteiger partial charge in [0.05, 0.1) is 6.61 Å². The zero-order valence-electron chi connectivity index (χ0n) is 7.52. The van der Waals surface area contributed by atoms with Crippen molar-refractivity contribution in [3.63, 3.8) is 0 Å². The maximum Gasteiger partial charge on any atom is 0.186 e. The average molecular weight is 258 g/mol. The molecule has 1 aromatic carbocycles. The Balaban J connectivity index is 2.95. The number of nitrogens with zero attached hydrogens (tertiary/aromatic N) is 1. The van der Waals surface area contributed by atoms with Gasteiger partial charge in [-0.2, -0.15) is 0 Å². The van der Waals surface area contributed by atoms with E-state index in [1.807, 2.05) is 24.3 Å². The zero-order chi connectivity index (χ0) is 10.6. The summed E-state index contributed by atoms with van der Waals surface area (Å²) in [6.45, 7) is -0.117. The third-order valence-corrected chi connectivity index (χ3v) is 2.20.